The summed E-state index contributed by atoms with van der Waals surface area (Å²) in [6, 6.07) is 50.2. The molecule has 3 nitrogen and oxygen atoms in total. The standard InChI is InChI=1S/C52H45BN2O/c1-50(2,3)36-29-42-47-43(30-36)53-46-40(31-41-38-19-11-12-20-45(38)56-49(41)48(46)54(47)52(5)26-14-13-25-51(42,52)4)39-27-34-17-9-10-18-35(34)28-44(39)55(53)37-23-21-33(22-24-37)32-15-7-6-8-16-32/h6-12,15-24,27-31H,13-14,25-26H2,1-5H3. The van der Waals surface area contributed by atoms with Gasteiger partial charge in [0.1, 0.15) is 5.58 Å². The lowest BCUT2D eigenvalue weighted by Gasteiger charge is -2.53. The average molecular weight is 725 g/mol. The second-order valence-electron chi connectivity index (χ2n) is 18.4. The van der Waals surface area contributed by atoms with Gasteiger partial charge < -0.3 is 14.1 Å². The lowest BCUT2D eigenvalue weighted by atomic mass is 9.43. The van der Waals surface area contributed by atoms with E-state index in [1.54, 1.807) is 0 Å². The van der Waals surface area contributed by atoms with Crippen LogP contribution in [0.25, 0.3) is 55.0 Å². The number of rotatable bonds is 2. The van der Waals surface area contributed by atoms with Crippen LogP contribution in [0.3, 0.4) is 0 Å². The van der Waals surface area contributed by atoms with Gasteiger partial charge >= 0.3 is 6.85 Å². The van der Waals surface area contributed by atoms with Crippen molar-refractivity contribution in [3.63, 3.8) is 0 Å². The van der Waals surface area contributed by atoms with Gasteiger partial charge in [-0.05, 0) is 111 Å². The number of fused-ring (bicyclic) bond motifs is 12. The summed E-state index contributed by atoms with van der Waals surface area (Å²) in [5.41, 5.74) is 17.7. The molecule has 1 aliphatic carbocycles. The van der Waals surface area contributed by atoms with Crippen LogP contribution in [-0.2, 0) is 10.8 Å². The second kappa shape index (κ2) is 11.0. The molecule has 12 rings (SSSR count). The third-order valence-corrected chi connectivity index (χ3v) is 14.5. The van der Waals surface area contributed by atoms with Crippen LogP contribution in [0.2, 0.25) is 0 Å². The fourth-order valence-corrected chi connectivity index (χ4v) is 11.4. The Balaban J connectivity index is 1.26. The Hall–Kier alpha value is -5.74. The van der Waals surface area contributed by atoms with E-state index in [9.17, 15) is 0 Å². The van der Waals surface area contributed by atoms with Gasteiger partial charge in [0.2, 0.25) is 0 Å². The summed E-state index contributed by atoms with van der Waals surface area (Å²) in [5.74, 6) is 0. The van der Waals surface area contributed by atoms with Gasteiger partial charge in [-0.3, -0.25) is 0 Å². The molecule has 3 aliphatic heterocycles. The molecule has 0 radical (unpaired) electrons. The fourth-order valence-electron chi connectivity index (χ4n) is 11.4. The van der Waals surface area contributed by atoms with Gasteiger partial charge in [-0.25, -0.2) is 0 Å². The van der Waals surface area contributed by atoms with Gasteiger partial charge in [0.05, 0.1) is 11.2 Å². The van der Waals surface area contributed by atoms with Crippen molar-refractivity contribution in [3.05, 3.63) is 145 Å². The van der Waals surface area contributed by atoms with Gasteiger partial charge in [0.25, 0.3) is 0 Å². The fraction of sp³-hybridized carbons (Fsp3) is 0.231. The molecule has 0 bridgehead atoms. The highest BCUT2D eigenvalue weighted by Crippen LogP contribution is 2.63. The van der Waals surface area contributed by atoms with Crippen molar-refractivity contribution >= 4 is 73.2 Å². The molecule has 4 heteroatoms. The largest absolute Gasteiger partial charge is 0.454 e. The first-order valence-electron chi connectivity index (χ1n) is 20.6. The van der Waals surface area contributed by atoms with Gasteiger partial charge in [-0.1, -0.05) is 138 Å². The van der Waals surface area contributed by atoms with Gasteiger partial charge in [0, 0.05) is 38.8 Å². The maximum atomic E-state index is 7.13. The van der Waals surface area contributed by atoms with Crippen molar-refractivity contribution in [2.24, 2.45) is 0 Å². The molecule has 4 aliphatic rings. The van der Waals surface area contributed by atoms with E-state index in [0.717, 1.165) is 17.6 Å². The molecule has 0 spiro atoms. The second-order valence-corrected chi connectivity index (χ2v) is 18.4. The zero-order valence-electron chi connectivity index (χ0n) is 32.9. The molecule has 272 valence electrons. The van der Waals surface area contributed by atoms with Crippen LogP contribution >= 0.6 is 0 Å². The number of hydrogen-bond acceptors (Lipinski definition) is 3. The van der Waals surface area contributed by atoms with E-state index < -0.39 is 0 Å². The van der Waals surface area contributed by atoms with Crippen molar-refractivity contribution < 1.29 is 4.42 Å². The molecule has 56 heavy (non-hydrogen) atoms. The van der Waals surface area contributed by atoms with E-state index in [-0.39, 0.29) is 23.2 Å². The highest BCUT2D eigenvalue weighted by Gasteiger charge is 2.62. The van der Waals surface area contributed by atoms with E-state index in [1.807, 2.05) is 0 Å². The Morgan fingerprint density at radius 3 is 2.12 bits per heavy atom. The zero-order valence-corrected chi connectivity index (χ0v) is 32.9. The van der Waals surface area contributed by atoms with Crippen LogP contribution in [-0.4, -0.2) is 12.4 Å². The van der Waals surface area contributed by atoms with Gasteiger partial charge in [-0.2, -0.15) is 0 Å². The van der Waals surface area contributed by atoms with Crippen molar-refractivity contribution in [3.8, 4) is 22.3 Å². The predicted octanol–water partition coefficient (Wildman–Crippen LogP) is 12.7. The van der Waals surface area contributed by atoms with Crippen molar-refractivity contribution in [1.29, 1.82) is 0 Å². The average Bonchev–Trinajstić information content (AvgIpc) is 3.69. The Bertz CT molecular complexity index is 2960. The van der Waals surface area contributed by atoms with Crippen LogP contribution in [0, 0.1) is 0 Å². The van der Waals surface area contributed by atoms with Crippen molar-refractivity contribution in [2.75, 3.05) is 9.71 Å². The molecular formula is C52H45BN2O. The Morgan fingerprint density at radius 2 is 1.34 bits per heavy atom. The molecule has 8 aromatic rings. The summed E-state index contributed by atoms with van der Waals surface area (Å²) in [4.78, 5) is 5.51. The van der Waals surface area contributed by atoms with Crippen LogP contribution < -0.4 is 20.6 Å². The molecule has 4 heterocycles. The smallest absolute Gasteiger partial charge is 0.333 e. The van der Waals surface area contributed by atoms with Crippen molar-refractivity contribution in [2.45, 2.75) is 76.7 Å². The van der Waals surface area contributed by atoms with Crippen LogP contribution in [0.1, 0.15) is 71.4 Å². The SMILES string of the molecule is CC(C)(C)c1cc2c3c(c1)C1(C)CCCCC1(C)N3c1c3c(cc4c1oc1ccccc14)-c1cc4ccccc4cc1N(c1ccc(-c4ccccc4)cc1)B23. The van der Waals surface area contributed by atoms with Crippen LogP contribution in [0.15, 0.2) is 138 Å². The molecule has 0 saturated heterocycles. The highest BCUT2D eigenvalue weighted by molar-refractivity contribution is 6.94. The van der Waals surface area contributed by atoms with Crippen LogP contribution in [0.5, 0.6) is 0 Å². The van der Waals surface area contributed by atoms with Crippen LogP contribution in [0.4, 0.5) is 22.7 Å². The summed E-state index contributed by atoms with van der Waals surface area (Å²) in [6.45, 7) is 12.3. The Kier molecular flexibility index (Phi) is 6.37. The molecule has 1 aromatic heterocycles. The summed E-state index contributed by atoms with van der Waals surface area (Å²) in [7, 11) is 0. The van der Waals surface area contributed by atoms with Crippen molar-refractivity contribution in [1.82, 2.24) is 0 Å². The first kappa shape index (κ1) is 32.5. The highest BCUT2D eigenvalue weighted by atomic mass is 16.3. The lowest BCUT2D eigenvalue weighted by molar-refractivity contribution is 0.195. The molecule has 1 saturated carbocycles. The molecule has 2 atom stereocenters. The normalized spacial score (nSPS) is 20.7. The molecule has 1 fully saturated rings. The molecular weight excluding hydrogens is 679 g/mol. The maximum Gasteiger partial charge on any atom is 0.333 e. The summed E-state index contributed by atoms with van der Waals surface area (Å²) in [5, 5.41) is 4.91. The Morgan fingerprint density at radius 1 is 0.643 bits per heavy atom. The number of anilines is 4. The molecule has 7 aromatic carbocycles. The summed E-state index contributed by atoms with van der Waals surface area (Å²) in [6.07, 6.45) is 4.81. The number of hydrogen-bond donors (Lipinski definition) is 0. The first-order valence-corrected chi connectivity index (χ1v) is 20.6. The number of nitrogens with zero attached hydrogens (tertiary/aromatic N) is 2. The summed E-state index contributed by atoms with van der Waals surface area (Å²) >= 11 is 0. The topological polar surface area (TPSA) is 19.6 Å². The first-order chi connectivity index (χ1) is 27.1. The number of benzene rings is 7. The molecule has 0 N–H and O–H groups in total. The summed E-state index contributed by atoms with van der Waals surface area (Å²) < 4.78 is 7.13. The van der Waals surface area contributed by atoms with E-state index in [1.165, 1.54) is 108 Å². The van der Waals surface area contributed by atoms with Gasteiger partial charge in [-0.15, -0.1) is 0 Å². The zero-order chi connectivity index (χ0) is 37.7. The lowest BCUT2D eigenvalue weighted by Crippen LogP contribution is -2.64. The van der Waals surface area contributed by atoms with E-state index in [0.29, 0.717) is 0 Å². The molecule has 2 unspecified atom stereocenters. The quantitative estimate of drug-likeness (QED) is 0.166. The van der Waals surface area contributed by atoms with E-state index in [4.69, 9.17) is 4.42 Å². The van der Waals surface area contributed by atoms with Gasteiger partial charge in [0.15, 0.2) is 5.58 Å². The third kappa shape index (κ3) is 4.10. The monoisotopic (exact) mass is 724 g/mol. The minimum Gasteiger partial charge on any atom is -0.454 e. The van der Waals surface area contributed by atoms with E-state index >= 15 is 0 Å². The maximum absolute atomic E-state index is 7.13. The minimum atomic E-state index is -0.114. The number of para-hydroxylation sites is 1. The predicted molar refractivity (Wildman–Crippen MR) is 237 cm³/mol. The third-order valence-electron chi connectivity index (χ3n) is 14.5. The van der Waals surface area contributed by atoms with E-state index in [2.05, 4.69) is 178 Å². The molecule has 0 amide bonds. The minimum absolute atomic E-state index is 0.0168. The Labute approximate surface area is 329 Å². The number of furan rings is 1.